The van der Waals surface area contributed by atoms with Crippen LogP contribution in [0.3, 0.4) is 0 Å². The molecule has 8 heteroatoms. The first-order chi connectivity index (χ1) is 13.6. The molecule has 2 aromatic heterocycles. The predicted octanol–water partition coefficient (Wildman–Crippen LogP) is 1.77. The number of aromatic nitrogens is 3. The molecule has 1 aliphatic rings. The highest BCUT2D eigenvalue weighted by Gasteiger charge is 2.26. The fourth-order valence-corrected chi connectivity index (χ4v) is 3.64. The number of nitrogens with one attached hydrogen (secondary N) is 1. The summed E-state index contributed by atoms with van der Waals surface area (Å²) in [4.78, 5) is 35.1. The quantitative estimate of drug-likeness (QED) is 0.532. The molecule has 8 nitrogen and oxygen atoms in total. The van der Waals surface area contributed by atoms with Gasteiger partial charge in [0.25, 0.3) is 5.91 Å². The van der Waals surface area contributed by atoms with Gasteiger partial charge in [0.1, 0.15) is 0 Å². The monoisotopic (exact) mass is 379 g/mol. The summed E-state index contributed by atoms with van der Waals surface area (Å²) in [5.74, 6) is -0.768. The smallest absolute Gasteiger partial charge is 0.276 e. The van der Waals surface area contributed by atoms with E-state index in [1.807, 2.05) is 35.8 Å². The number of nitrogens with zero attached hydrogens (tertiary/aromatic N) is 4. The molecule has 0 aliphatic carbocycles. The van der Waals surface area contributed by atoms with Crippen LogP contribution in [0.2, 0.25) is 0 Å². The van der Waals surface area contributed by atoms with Crippen LogP contribution in [-0.2, 0) is 24.3 Å². The maximum absolute atomic E-state index is 13.0. The number of pyridine rings is 1. The molecular weight excluding hydrogens is 358 g/mol. The van der Waals surface area contributed by atoms with Crippen LogP contribution < -0.4 is 5.48 Å². The number of imidazole rings is 1. The van der Waals surface area contributed by atoms with Gasteiger partial charge in [-0.2, -0.15) is 0 Å². The molecule has 3 aromatic rings. The maximum Gasteiger partial charge on any atom is 0.276 e. The Balaban J connectivity index is 1.49. The largest absolute Gasteiger partial charge is 0.338 e. The second kappa shape index (κ2) is 7.40. The van der Waals surface area contributed by atoms with Crippen molar-refractivity contribution in [3.63, 3.8) is 0 Å². The van der Waals surface area contributed by atoms with Gasteiger partial charge in [-0.15, -0.1) is 0 Å². The van der Waals surface area contributed by atoms with E-state index in [1.165, 1.54) is 6.20 Å². The maximum atomic E-state index is 13.0. The molecule has 0 radical (unpaired) electrons. The van der Waals surface area contributed by atoms with E-state index in [4.69, 9.17) is 5.21 Å². The summed E-state index contributed by atoms with van der Waals surface area (Å²) < 4.78 is 2.00. The normalized spacial score (nSPS) is 14.6. The lowest BCUT2D eigenvalue weighted by molar-refractivity contribution is -0.136. The Labute approximate surface area is 161 Å². The number of para-hydroxylation sites is 2. The van der Waals surface area contributed by atoms with Gasteiger partial charge in [0.05, 0.1) is 28.8 Å². The van der Waals surface area contributed by atoms with E-state index in [0.29, 0.717) is 26.1 Å². The standard InChI is InChI=1S/C20H21N5O3/c1-13(10-25-12-22-17-4-2-3-5-18(17)25)20(27)24-7-6-16-15(11-24)8-14(9-21-16)19(26)23-28/h2-5,8-9,12-13,28H,6-7,10-11H2,1H3,(H,23,26). The van der Waals surface area contributed by atoms with Crippen molar-refractivity contribution < 1.29 is 14.8 Å². The molecule has 1 aliphatic heterocycles. The Kier molecular flexibility index (Phi) is 4.79. The number of amides is 2. The average Bonchev–Trinajstić information content (AvgIpc) is 3.14. The lowest BCUT2D eigenvalue weighted by atomic mass is 10.0. The number of carbonyl (C=O) groups excluding carboxylic acids is 2. The van der Waals surface area contributed by atoms with Gasteiger partial charge in [0.15, 0.2) is 0 Å². The van der Waals surface area contributed by atoms with Crippen molar-refractivity contribution in [1.29, 1.82) is 0 Å². The third-order valence-electron chi connectivity index (χ3n) is 5.13. The molecule has 0 saturated heterocycles. The Morgan fingerprint density at radius 3 is 2.93 bits per heavy atom. The van der Waals surface area contributed by atoms with Crippen molar-refractivity contribution in [2.45, 2.75) is 26.4 Å². The minimum Gasteiger partial charge on any atom is -0.338 e. The first-order valence-corrected chi connectivity index (χ1v) is 9.17. The Morgan fingerprint density at radius 1 is 1.29 bits per heavy atom. The number of rotatable bonds is 4. The van der Waals surface area contributed by atoms with Crippen LogP contribution in [0.15, 0.2) is 42.9 Å². The third kappa shape index (κ3) is 3.34. The first-order valence-electron chi connectivity index (χ1n) is 9.17. The van der Waals surface area contributed by atoms with Crippen LogP contribution in [0.5, 0.6) is 0 Å². The van der Waals surface area contributed by atoms with Crippen molar-refractivity contribution >= 4 is 22.8 Å². The summed E-state index contributed by atoms with van der Waals surface area (Å²) in [6.45, 7) is 3.47. The second-order valence-electron chi connectivity index (χ2n) is 7.07. The van der Waals surface area contributed by atoms with Crippen molar-refractivity contribution in [2.24, 2.45) is 5.92 Å². The number of benzene rings is 1. The van der Waals surface area contributed by atoms with E-state index in [9.17, 15) is 9.59 Å². The zero-order valence-electron chi connectivity index (χ0n) is 15.5. The van der Waals surface area contributed by atoms with Crippen LogP contribution in [0.25, 0.3) is 11.0 Å². The van der Waals surface area contributed by atoms with E-state index in [-0.39, 0.29) is 17.4 Å². The molecule has 1 aromatic carbocycles. The van der Waals surface area contributed by atoms with Crippen LogP contribution in [-0.4, -0.2) is 43.0 Å². The second-order valence-corrected chi connectivity index (χ2v) is 7.07. The molecule has 1 unspecified atom stereocenters. The fraction of sp³-hybridized carbons (Fsp3) is 0.300. The number of carbonyl (C=O) groups is 2. The highest BCUT2D eigenvalue weighted by molar-refractivity contribution is 5.93. The van der Waals surface area contributed by atoms with E-state index >= 15 is 0 Å². The Bertz CT molecular complexity index is 1050. The topological polar surface area (TPSA) is 100 Å². The Hall–Kier alpha value is -3.26. The molecule has 0 bridgehead atoms. The number of hydroxylamine groups is 1. The first kappa shape index (κ1) is 18.1. The van der Waals surface area contributed by atoms with Crippen molar-refractivity contribution in [3.8, 4) is 0 Å². The van der Waals surface area contributed by atoms with Gasteiger partial charge in [0, 0.05) is 37.9 Å². The van der Waals surface area contributed by atoms with Gasteiger partial charge in [0.2, 0.25) is 5.91 Å². The zero-order valence-corrected chi connectivity index (χ0v) is 15.5. The summed E-state index contributed by atoms with van der Waals surface area (Å²) in [5.41, 5.74) is 5.52. The fourth-order valence-electron chi connectivity index (χ4n) is 3.64. The summed E-state index contributed by atoms with van der Waals surface area (Å²) in [5, 5.41) is 8.80. The van der Waals surface area contributed by atoms with E-state index < -0.39 is 5.91 Å². The summed E-state index contributed by atoms with van der Waals surface area (Å²) >= 11 is 0. The molecule has 2 N–H and O–H groups in total. The van der Waals surface area contributed by atoms with Gasteiger partial charge in [-0.25, -0.2) is 10.5 Å². The minimum atomic E-state index is -0.612. The number of fused-ring (bicyclic) bond motifs is 2. The van der Waals surface area contributed by atoms with E-state index in [0.717, 1.165) is 22.3 Å². The SMILES string of the molecule is CC(Cn1cnc2ccccc21)C(=O)N1CCc2ncc(C(=O)NO)cc2C1. The van der Waals surface area contributed by atoms with Crippen molar-refractivity contribution in [2.75, 3.05) is 6.54 Å². The molecule has 0 spiro atoms. The summed E-state index contributed by atoms with van der Waals surface area (Å²) in [6, 6.07) is 9.53. The molecule has 4 rings (SSSR count). The van der Waals surface area contributed by atoms with Gasteiger partial charge in [-0.1, -0.05) is 19.1 Å². The molecule has 144 valence electrons. The van der Waals surface area contributed by atoms with Crippen molar-refractivity contribution in [1.82, 2.24) is 24.9 Å². The summed E-state index contributed by atoms with van der Waals surface area (Å²) in [6.07, 6.45) is 3.85. The zero-order chi connectivity index (χ0) is 19.7. The van der Waals surface area contributed by atoms with Crippen LogP contribution >= 0.6 is 0 Å². The van der Waals surface area contributed by atoms with Gasteiger partial charge in [-0.05, 0) is 23.8 Å². The van der Waals surface area contributed by atoms with E-state index in [1.54, 1.807) is 22.8 Å². The molecule has 3 heterocycles. The lowest BCUT2D eigenvalue weighted by Crippen LogP contribution is -2.40. The van der Waals surface area contributed by atoms with Gasteiger partial charge >= 0.3 is 0 Å². The number of hydrogen-bond acceptors (Lipinski definition) is 5. The van der Waals surface area contributed by atoms with Crippen LogP contribution in [0, 0.1) is 5.92 Å². The van der Waals surface area contributed by atoms with Crippen LogP contribution in [0.1, 0.15) is 28.5 Å². The molecule has 2 amide bonds. The molecule has 0 saturated carbocycles. The summed E-state index contributed by atoms with van der Waals surface area (Å²) in [7, 11) is 0. The van der Waals surface area contributed by atoms with Crippen LogP contribution in [0.4, 0.5) is 0 Å². The van der Waals surface area contributed by atoms with Gasteiger partial charge in [-0.3, -0.25) is 19.8 Å². The molecule has 1 atom stereocenters. The Morgan fingerprint density at radius 2 is 2.11 bits per heavy atom. The highest BCUT2D eigenvalue weighted by atomic mass is 16.5. The lowest BCUT2D eigenvalue weighted by Gasteiger charge is -2.30. The number of hydrogen-bond donors (Lipinski definition) is 2. The third-order valence-corrected chi connectivity index (χ3v) is 5.13. The molecule has 0 fully saturated rings. The highest BCUT2D eigenvalue weighted by Crippen LogP contribution is 2.21. The van der Waals surface area contributed by atoms with Crippen molar-refractivity contribution in [3.05, 3.63) is 59.7 Å². The predicted molar refractivity (Wildman–Crippen MR) is 102 cm³/mol. The molecular formula is C20H21N5O3. The average molecular weight is 379 g/mol. The van der Waals surface area contributed by atoms with Gasteiger partial charge < -0.3 is 9.47 Å². The minimum absolute atomic E-state index is 0.0560. The van der Waals surface area contributed by atoms with E-state index in [2.05, 4.69) is 9.97 Å². The molecule has 28 heavy (non-hydrogen) atoms.